The van der Waals surface area contributed by atoms with E-state index in [0.717, 1.165) is 12.8 Å². The lowest BCUT2D eigenvalue weighted by atomic mass is 9.86. The molecule has 0 heterocycles. The molecule has 3 heteroatoms. The summed E-state index contributed by atoms with van der Waals surface area (Å²) in [4.78, 5) is 12.0. The van der Waals surface area contributed by atoms with E-state index in [1.165, 1.54) is 32.1 Å². The molecule has 0 radical (unpaired) electrons. The summed E-state index contributed by atoms with van der Waals surface area (Å²) in [7, 11) is 0. The zero-order chi connectivity index (χ0) is 12.7. The third kappa shape index (κ3) is 4.30. The van der Waals surface area contributed by atoms with E-state index in [4.69, 9.17) is 0 Å². The highest BCUT2D eigenvalue weighted by Crippen LogP contribution is 2.26. The van der Waals surface area contributed by atoms with Crippen molar-refractivity contribution in [3.05, 3.63) is 0 Å². The number of rotatable bonds is 6. The van der Waals surface area contributed by atoms with Gasteiger partial charge < -0.3 is 10.4 Å². The van der Waals surface area contributed by atoms with E-state index >= 15 is 0 Å². The molecule has 1 saturated carbocycles. The van der Waals surface area contributed by atoms with Gasteiger partial charge in [-0.2, -0.15) is 0 Å². The number of aliphatic hydroxyl groups excluding tert-OH is 1. The maximum atomic E-state index is 12.0. The third-order valence-electron chi connectivity index (χ3n) is 4.26. The molecule has 1 fully saturated rings. The topological polar surface area (TPSA) is 49.3 Å². The van der Waals surface area contributed by atoms with Crippen molar-refractivity contribution in [3.63, 3.8) is 0 Å². The van der Waals surface area contributed by atoms with Crippen molar-refractivity contribution in [2.45, 2.75) is 70.8 Å². The SMILES string of the molecule is CCC(CC)(CO)NC(=O)CC1CCCCC1. The Balaban J connectivity index is 2.41. The van der Waals surface area contributed by atoms with Crippen LogP contribution in [0.25, 0.3) is 0 Å². The molecule has 0 saturated heterocycles. The van der Waals surface area contributed by atoms with Crippen molar-refractivity contribution in [1.29, 1.82) is 0 Å². The van der Waals surface area contributed by atoms with Crippen molar-refractivity contribution >= 4 is 5.91 Å². The quantitative estimate of drug-likeness (QED) is 0.751. The highest BCUT2D eigenvalue weighted by atomic mass is 16.3. The van der Waals surface area contributed by atoms with Crippen LogP contribution in [0.15, 0.2) is 0 Å². The van der Waals surface area contributed by atoms with E-state index < -0.39 is 5.54 Å². The molecular formula is C14H27NO2. The summed E-state index contributed by atoms with van der Waals surface area (Å²) in [6.45, 7) is 4.07. The van der Waals surface area contributed by atoms with Gasteiger partial charge >= 0.3 is 0 Å². The van der Waals surface area contributed by atoms with Crippen LogP contribution in [0.2, 0.25) is 0 Å². The maximum Gasteiger partial charge on any atom is 0.220 e. The molecule has 1 aliphatic rings. The molecule has 100 valence electrons. The molecule has 0 aromatic heterocycles. The van der Waals surface area contributed by atoms with E-state index in [2.05, 4.69) is 5.32 Å². The van der Waals surface area contributed by atoms with E-state index in [9.17, 15) is 9.90 Å². The van der Waals surface area contributed by atoms with E-state index in [0.29, 0.717) is 12.3 Å². The van der Waals surface area contributed by atoms with Crippen LogP contribution in [0.3, 0.4) is 0 Å². The van der Waals surface area contributed by atoms with Gasteiger partial charge in [0.25, 0.3) is 0 Å². The molecule has 0 aromatic carbocycles. The van der Waals surface area contributed by atoms with E-state index in [-0.39, 0.29) is 12.5 Å². The summed E-state index contributed by atoms with van der Waals surface area (Å²) in [6.07, 6.45) is 8.46. The van der Waals surface area contributed by atoms with Gasteiger partial charge in [-0.3, -0.25) is 4.79 Å². The maximum absolute atomic E-state index is 12.0. The van der Waals surface area contributed by atoms with Gasteiger partial charge in [0.05, 0.1) is 12.1 Å². The molecule has 17 heavy (non-hydrogen) atoms. The molecule has 0 bridgehead atoms. The Labute approximate surface area is 105 Å². The molecule has 0 unspecified atom stereocenters. The van der Waals surface area contributed by atoms with Crippen LogP contribution in [-0.4, -0.2) is 23.2 Å². The largest absolute Gasteiger partial charge is 0.394 e. The van der Waals surface area contributed by atoms with Crippen LogP contribution in [-0.2, 0) is 4.79 Å². The lowest BCUT2D eigenvalue weighted by molar-refractivity contribution is -0.125. The Morgan fingerprint density at radius 2 is 1.82 bits per heavy atom. The highest BCUT2D eigenvalue weighted by Gasteiger charge is 2.28. The van der Waals surface area contributed by atoms with E-state index in [1.807, 2.05) is 13.8 Å². The Hall–Kier alpha value is -0.570. The van der Waals surface area contributed by atoms with Crippen LogP contribution >= 0.6 is 0 Å². The first kappa shape index (κ1) is 14.5. The summed E-state index contributed by atoms with van der Waals surface area (Å²) >= 11 is 0. The van der Waals surface area contributed by atoms with Gasteiger partial charge in [0.15, 0.2) is 0 Å². The van der Waals surface area contributed by atoms with Crippen molar-refractivity contribution in [2.24, 2.45) is 5.92 Å². The molecule has 1 amide bonds. The van der Waals surface area contributed by atoms with Gasteiger partial charge in [-0.15, -0.1) is 0 Å². The summed E-state index contributed by atoms with van der Waals surface area (Å²) in [6, 6.07) is 0. The molecule has 3 nitrogen and oxygen atoms in total. The molecule has 0 atom stereocenters. The fourth-order valence-electron chi connectivity index (χ4n) is 2.69. The normalized spacial score (nSPS) is 18.1. The minimum atomic E-state index is -0.397. The Morgan fingerprint density at radius 1 is 1.24 bits per heavy atom. The number of carbonyl (C=O) groups excluding carboxylic acids is 1. The Bertz CT molecular complexity index is 222. The number of aliphatic hydroxyl groups is 1. The van der Waals surface area contributed by atoms with Gasteiger partial charge in [0.2, 0.25) is 5.91 Å². The van der Waals surface area contributed by atoms with Crippen molar-refractivity contribution in [2.75, 3.05) is 6.61 Å². The predicted octanol–water partition coefficient (Wildman–Crippen LogP) is 2.62. The Morgan fingerprint density at radius 3 is 2.29 bits per heavy atom. The summed E-state index contributed by atoms with van der Waals surface area (Å²) < 4.78 is 0. The number of hydrogen-bond donors (Lipinski definition) is 2. The second kappa shape index (κ2) is 7.00. The molecule has 0 aliphatic heterocycles. The molecule has 1 rings (SSSR count). The van der Waals surface area contributed by atoms with Gasteiger partial charge in [-0.25, -0.2) is 0 Å². The molecule has 0 spiro atoms. The second-order valence-corrected chi connectivity index (χ2v) is 5.40. The fourth-order valence-corrected chi connectivity index (χ4v) is 2.69. The zero-order valence-electron chi connectivity index (χ0n) is 11.3. The zero-order valence-corrected chi connectivity index (χ0v) is 11.3. The number of amides is 1. The van der Waals surface area contributed by atoms with Gasteiger partial charge in [0.1, 0.15) is 0 Å². The van der Waals surface area contributed by atoms with Gasteiger partial charge in [-0.1, -0.05) is 33.1 Å². The smallest absolute Gasteiger partial charge is 0.220 e. The van der Waals surface area contributed by atoms with Crippen LogP contribution in [0, 0.1) is 5.92 Å². The van der Waals surface area contributed by atoms with Crippen molar-refractivity contribution in [3.8, 4) is 0 Å². The minimum Gasteiger partial charge on any atom is -0.394 e. The van der Waals surface area contributed by atoms with Crippen LogP contribution in [0.5, 0.6) is 0 Å². The van der Waals surface area contributed by atoms with Gasteiger partial charge in [0, 0.05) is 6.42 Å². The van der Waals surface area contributed by atoms with Crippen LogP contribution in [0.1, 0.15) is 65.2 Å². The molecule has 2 N–H and O–H groups in total. The number of carbonyl (C=O) groups is 1. The second-order valence-electron chi connectivity index (χ2n) is 5.40. The first-order valence-corrected chi connectivity index (χ1v) is 7.07. The molecular weight excluding hydrogens is 214 g/mol. The standard InChI is InChI=1S/C14H27NO2/c1-3-14(4-2,11-16)15-13(17)10-12-8-6-5-7-9-12/h12,16H,3-11H2,1-2H3,(H,15,17). The minimum absolute atomic E-state index is 0.0381. The van der Waals surface area contributed by atoms with Crippen molar-refractivity contribution in [1.82, 2.24) is 5.32 Å². The number of hydrogen-bond acceptors (Lipinski definition) is 2. The molecule has 0 aromatic rings. The number of nitrogens with one attached hydrogen (secondary N) is 1. The predicted molar refractivity (Wildman–Crippen MR) is 69.7 cm³/mol. The lowest BCUT2D eigenvalue weighted by Gasteiger charge is -2.32. The van der Waals surface area contributed by atoms with Crippen LogP contribution in [0.4, 0.5) is 0 Å². The summed E-state index contributed by atoms with van der Waals surface area (Å²) in [5.41, 5.74) is -0.397. The summed E-state index contributed by atoms with van der Waals surface area (Å²) in [5, 5.41) is 12.5. The monoisotopic (exact) mass is 241 g/mol. The van der Waals surface area contributed by atoms with Gasteiger partial charge in [-0.05, 0) is 31.6 Å². The first-order valence-electron chi connectivity index (χ1n) is 7.07. The van der Waals surface area contributed by atoms with E-state index in [1.54, 1.807) is 0 Å². The average Bonchev–Trinajstić information content (AvgIpc) is 2.37. The van der Waals surface area contributed by atoms with Crippen LogP contribution < -0.4 is 5.32 Å². The fraction of sp³-hybridized carbons (Fsp3) is 0.929. The first-order chi connectivity index (χ1) is 8.15. The molecule has 1 aliphatic carbocycles. The third-order valence-corrected chi connectivity index (χ3v) is 4.26. The average molecular weight is 241 g/mol. The summed E-state index contributed by atoms with van der Waals surface area (Å²) in [5.74, 6) is 0.684. The lowest BCUT2D eigenvalue weighted by Crippen LogP contribution is -2.50. The Kier molecular flexibility index (Phi) is 5.96. The van der Waals surface area contributed by atoms with Crippen molar-refractivity contribution < 1.29 is 9.90 Å². The highest BCUT2D eigenvalue weighted by molar-refractivity contribution is 5.77.